The number of aromatic amines is 1. The Morgan fingerprint density at radius 2 is 1.52 bits per heavy atom. The number of aliphatic carboxylic acids is 1. The highest BCUT2D eigenvalue weighted by molar-refractivity contribution is 6.03. The number of aryl methyl sites for hydroxylation is 1. The fourth-order valence-electron chi connectivity index (χ4n) is 6.75. The zero-order chi connectivity index (χ0) is 40.7. The number of aromatic hydroxyl groups is 3. The lowest BCUT2D eigenvalue weighted by Crippen LogP contribution is -2.63. The Hall–Kier alpha value is -5.03. The molecular weight excluding hydrogens is 750 g/mol. The summed E-state index contributed by atoms with van der Waals surface area (Å²) < 4.78 is 27.5. The first-order chi connectivity index (χ1) is 26.5. The molecule has 0 bridgehead atoms. The second-order valence-electron chi connectivity index (χ2n) is 13.6. The van der Waals surface area contributed by atoms with Crippen LogP contribution in [-0.4, -0.2) is 147 Å². The second kappa shape index (κ2) is 16.2. The van der Waals surface area contributed by atoms with Crippen molar-refractivity contribution in [3.8, 4) is 28.7 Å². The Bertz CT molecular complexity index is 1960. The molecule has 304 valence electrons. The van der Waals surface area contributed by atoms with E-state index in [4.69, 9.17) is 23.7 Å². The Balaban J connectivity index is 1.33. The molecular formula is C36H41NO19. The van der Waals surface area contributed by atoms with E-state index in [1.54, 1.807) is 12.3 Å². The first-order valence-corrected chi connectivity index (χ1v) is 17.4. The maximum absolute atomic E-state index is 13.6. The predicted molar refractivity (Wildman–Crippen MR) is 182 cm³/mol. The number of hydrogen-bond acceptors (Lipinski definition) is 18. The lowest BCUT2D eigenvalue weighted by atomic mass is 9.91. The van der Waals surface area contributed by atoms with Crippen LogP contribution in [0.3, 0.4) is 0 Å². The average Bonchev–Trinajstić information content (AvgIpc) is 3.62. The van der Waals surface area contributed by atoms with E-state index in [0.717, 1.165) is 5.69 Å². The Morgan fingerprint density at radius 3 is 2.16 bits per heavy atom. The first-order valence-electron chi connectivity index (χ1n) is 17.4. The summed E-state index contributed by atoms with van der Waals surface area (Å²) in [6.45, 7) is 1.53. The fraction of sp³-hybridized carbons (Fsp3) is 0.472. The SMILES string of the molecule is CCc1cc(Cc2c(OC3OC(C(=O)OC4OC(C(=O)O)C(O)C(O)C4O)C(O)C(O)C3O)cc3c(c2O)C(=O)CC(c2cc(O)c(O)c(CCO)c2)O3)c[nH]1. The third-order valence-electron chi connectivity index (χ3n) is 9.85. The molecule has 3 aliphatic rings. The number of aliphatic hydroxyl groups excluding tert-OH is 7. The topological polar surface area (TPSA) is 336 Å². The minimum Gasteiger partial charge on any atom is -0.507 e. The van der Waals surface area contributed by atoms with Crippen LogP contribution in [0.5, 0.6) is 28.7 Å². The number of hydrogen-bond donors (Lipinski definition) is 12. The molecule has 4 heterocycles. The number of phenols is 3. The summed E-state index contributed by atoms with van der Waals surface area (Å²) in [6, 6.07) is 5.56. The molecule has 20 nitrogen and oxygen atoms in total. The fourth-order valence-corrected chi connectivity index (χ4v) is 6.75. The number of Topliss-reactive ketones (excluding diaryl/α,β-unsaturated/α-hetero) is 1. The lowest BCUT2D eigenvalue weighted by Gasteiger charge is -2.41. The number of phenolic OH excluding ortho intramolecular Hbond substituents is 3. The van der Waals surface area contributed by atoms with Crippen LogP contribution >= 0.6 is 0 Å². The number of nitrogens with one attached hydrogen (secondary N) is 1. The monoisotopic (exact) mass is 791 g/mol. The zero-order valence-electron chi connectivity index (χ0n) is 29.5. The number of aromatic nitrogens is 1. The molecule has 0 aliphatic carbocycles. The Kier molecular flexibility index (Phi) is 11.8. The number of carboxylic acid groups (broad SMARTS) is 1. The molecule has 3 aromatic rings. The Labute approximate surface area is 316 Å². The molecule has 1 aromatic heterocycles. The molecule has 2 aromatic carbocycles. The predicted octanol–water partition coefficient (Wildman–Crippen LogP) is -1.85. The maximum atomic E-state index is 13.6. The molecule has 2 saturated heterocycles. The summed E-state index contributed by atoms with van der Waals surface area (Å²) in [5, 5.41) is 114. The van der Waals surface area contributed by atoms with Gasteiger partial charge in [0.25, 0.3) is 0 Å². The molecule has 56 heavy (non-hydrogen) atoms. The van der Waals surface area contributed by atoms with Gasteiger partial charge in [-0.2, -0.15) is 0 Å². The van der Waals surface area contributed by atoms with E-state index in [1.165, 1.54) is 18.2 Å². The molecule has 12 N–H and O–H groups in total. The number of rotatable bonds is 11. The van der Waals surface area contributed by atoms with Crippen molar-refractivity contribution in [1.82, 2.24) is 4.98 Å². The number of H-pyrrole nitrogens is 1. The lowest BCUT2D eigenvalue weighted by molar-refractivity contribution is -0.302. The molecule has 0 saturated carbocycles. The molecule has 0 radical (unpaired) electrons. The quantitative estimate of drug-likeness (QED) is 0.0749. The van der Waals surface area contributed by atoms with Crippen LogP contribution in [0.25, 0.3) is 0 Å². The van der Waals surface area contributed by atoms with Crippen LogP contribution in [-0.2, 0) is 43.1 Å². The first kappa shape index (κ1) is 40.6. The highest BCUT2D eigenvalue weighted by Gasteiger charge is 2.53. The van der Waals surface area contributed by atoms with Gasteiger partial charge in [-0.25, -0.2) is 9.59 Å². The number of carbonyl (C=O) groups is 3. The number of aliphatic hydroxyl groups is 7. The summed E-state index contributed by atoms with van der Waals surface area (Å²) in [5.41, 5.74) is 1.57. The summed E-state index contributed by atoms with van der Waals surface area (Å²) in [5.74, 6) is -6.08. The van der Waals surface area contributed by atoms with E-state index < -0.39 is 102 Å². The van der Waals surface area contributed by atoms with Gasteiger partial charge in [-0.15, -0.1) is 0 Å². The van der Waals surface area contributed by atoms with Crippen molar-refractivity contribution in [3.05, 3.63) is 64.0 Å². The summed E-state index contributed by atoms with van der Waals surface area (Å²) in [4.78, 5) is 41.5. The molecule has 3 aliphatic heterocycles. The number of esters is 1. The van der Waals surface area contributed by atoms with Crippen molar-refractivity contribution in [2.75, 3.05) is 6.61 Å². The standard InChI is InChI=1S/C36H41NO19/c1-2-15-5-12(11-37-15)6-16-20(10-21-22(24(16)42)17(39)9-19(52-21)14-7-13(3-4-38)23(41)18(40)8-14)53-35-29(47)26(44)28(46)32(55-35)34(51)56-36-30(48)25(43)27(45)31(54-36)33(49)50/h5,7-8,10-11,19,25-32,35-38,40-48H,2-4,6,9H2,1H3,(H,49,50). The number of ether oxygens (including phenoxy) is 5. The molecule has 20 heteroatoms. The molecule has 0 spiro atoms. The normalized spacial score (nSPS) is 30.3. The van der Waals surface area contributed by atoms with Crippen molar-refractivity contribution in [2.45, 2.75) is 100 Å². The molecule has 11 unspecified atom stereocenters. The summed E-state index contributed by atoms with van der Waals surface area (Å²) >= 11 is 0. The van der Waals surface area contributed by atoms with E-state index in [2.05, 4.69) is 4.98 Å². The Morgan fingerprint density at radius 1 is 0.857 bits per heavy atom. The average molecular weight is 792 g/mol. The number of ketones is 1. The second-order valence-corrected chi connectivity index (χ2v) is 13.6. The van der Waals surface area contributed by atoms with Crippen molar-refractivity contribution >= 4 is 17.7 Å². The number of benzene rings is 2. The summed E-state index contributed by atoms with van der Waals surface area (Å²) in [7, 11) is 0. The highest BCUT2D eigenvalue weighted by Crippen LogP contribution is 2.47. The van der Waals surface area contributed by atoms with E-state index in [0.29, 0.717) is 12.0 Å². The van der Waals surface area contributed by atoms with Crippen molar-refractivity contribution < 1.29 is 94.2 Å². The third kappa shape index (κ3) is 7.70. The minimum absolute atomic E-state index is 0.0326. The van der Waals surface area contributed by atoms with Gasteiger partial charge < -0.3 is 84.8 Å². The van der Waals surface area contributed by atoms with Gasteiger partial charge in [0, 0.05) is 42.1 Å². The number of carboxylic acids is 1. The van der Waals surface area contributed by atoms with Crippen LogP contribution in [0.4, 0.5) is 0 Å². The van der Waals surface area contributed by atoms with Gasteiger partial charge >= 0.3 is 11.9 Å². The van der Waals surface area contributed by atoms with Gasteiger partial charge in [0.15, 0.2) is 29.5 Å². The van der Waals surface area contributed by atoms with Crippen LogP contribution in [0, 0.1) is 0 Å². The maximum Gasteiger partial charge on any atom is 0.340 e. The smallest absolute Gasteiger partial charge is 0.340 e. The van der Waals surface area contributed by atoms with Crippen molar-refractivity contribution in [2.24, 2.45) is 0 Å². The van der Waals surface area contributed by atoms with Gasteiger partial charge in [-0.05, 0) is 42.2 Å². The van der Waals surface area contributed by atoms with Crippen LogP contribution in [0.2, 0.25) is 0 Å². The van der Waals surface area contributed by atoms with E-state index in [1.807, 2.05) is 6.92 Å². The molecule has 2 fully saturated rings. The van der Waals surface area contributed by atoms with Gasteiger partial charge in [0.05, 0.1) is 6.42 Å². The van der Waals surface area contributed by atoms with Gasteiger partial charge in [-0.1, -0.05) is 6.92 Å². The largest absolute Gasteiger partial charge is 0.507 e. The van der Waals surface area contributed by atoms with Crippen LogP contribution in [0.15, 0.2) is 30.5 Å². The van der Waals surface area contributed by atoms with E-state index >= 15 is 0 Å². The van der Waals surface area contributed by atoms with Crippen molar-refractivity contribution in [3.63, 3.8) is 0 Å². The van der Waals surface area contributed by atoms with E-state index in [-0.39, 0.29) is 59.6 Å². The summed E-state index contributed by atoms with van der Waals surface area (Å²) in [6.07, 6.45) is -20.8. The molecule has 11 atom stereocenters. The third-order valence-corrected chi connectivity index (χ3v) is 9.85. The van der Waals surface area contributed by atoms with E-state index in [9.17, 15) is 70.6 Å². The highest BCUT2D eigenvalue weighted by atomic mass is 16.7. The van der Waals surface area contributed by atoms with Crippen LogP contribution < -0.4 is 9.47 Å². The zero-order valence-corrected chi connectivity index (χ0v) is 29.5. The molecule has 6 rings (SSSR count). The number of fused-ring (bicyclic) bond motifs is 1. The molecule has 0 amide bonds. The van der Waals surface area contributed by atoms with Gasteiger partial charge in [-0.3, -0.25) is 4.79 Å². The minimum atomic E-state index is -2.22. The van der Waals surface area contributed by atoms with Crippen LogP contribution in [0.1, 0.15) is 57.8 Å². The van der Waals surface area contributed by atoms with Crippen molar-refractivity contribution in [1.29, 1.82) is 0 Å². The number of carbonyl (C=O) groups excluding carboxylic acids is 2. The van der Waals surface area contributed by atoms with Gasteiger partial charge in [0.1, 0.15) is 65.5 Å². The van der Waals surface area contributed by atoms with Gasteiger partial charge in [0.2, 0.25) is 12.6 Å².